The molecule has 0 radical (unpaired) electrons. The fourth-order valence-corrected chi connectivity index (χ4v) is 3.83. The van der Waals surface area contributed by atoms with Gasteiger partial charge in [-0.2, -0.15) is 0 Å². The molecule has 31 heavy (non-hydrogen) atoms. The number of amides is 1. The zero-order chi connectivity index (χ0) is 21.6. The maximum atomic E-state index is 14.2. The summed E-state index contributed by atoms with van der Waals surface area (Å²) in [4.78, 5) is 20.8. The van der Waals surface area contributed by atoms with Crippen molar-refractivity contribution in [3.05, 3.63) is 89.1 Å². The van der Waals surface area contributed by atoms with Crippen LogP contribution in [0.5, 0.6) is 0 Å². The van der Waals surface area contributed by atoms with E-state index in [1.54, 1.807) is 4.90 Å². The zero-order valence-electron chi connectivity index (χ0n) is 17.3. The van der Waals surface area contributed by atoms with Crippen molar-refractivity contribution in [3.63, 3.8) is 0 Å². The van der Waals surface area contributed by atoms with Crippen molar-refractivity contribution in [1.29, 1.82) is 0 Å². The fourth-order valence-electron chi connectivity index (χ4n) is 3.83. The van der Waals surface area contributed by atoms with Gasteiger partial charge in [0.25, 0.3) is 5.91 Å². The lowest BCUT2D eigenvalue weighted by atomic mass is 10.1. The average Bonchev–Trinajstić information content (AvgIpc) is 3.25. The Labute approximate surface area is 180 Å². The first-order valence-electron chi connectivity index (χ1n) is 10.5. The van der Waals surface area contributed by atoms with Crippen LogP contribution in [0.3, 0.4) is 0 Å². The Morgan fingerprint density at radius 1 is 1.00 bits per heavy atom. The van der Waals surface area contributed by atoms with Gasteiger partial charge in [-0.25, -0.2) is 13.8 Å². The largest absolute Gasteiger partial charge is 0.447 e. The lowest BCUT2D eigenvalue weighted by molar-refractivity contribution is 0.0718. The number of hydrogen-bond donors (Lipinski definition) is 0. The molecule has 0 bridgehead atoms. The van der Waals surface area contributed by atoms with Gasteiger partial charge in [0.1, 0.15) is 17.9 Å². The SMILES string of the molecule is O=C(c1coc(CN(Cc2ccccc2)Cc2ccc(F)cc2F)n1)N1CCCCC1. The molecule has 1 aromatic heterocycles. The molecule has 0 spiro atoms. The first-order valence-corrected chi connectivity index (χ1v) is 10.5. The molecule has 0 unspecified atom stereocenters. The highest BCUT2D eigenvalue weighted by Gasteiger charge is 2.22. The van der Waals surface area contributed by atoms with E-state index in [2.05, 4.69) is 4.98 Å². The zero-order valence-corrected chi connectivity index (χ0v) is 17.3. The molecule has 162 valence electrons. The highest BCUT2D eigenvalue weighted by molar-refractivity contribution is 5.92. The van der Waals surface area contributed by atoms with E-state index in [9.17, 15) is 13.6 Å². The quantitative estimate of drug-likeness (QED) is 0.547. The molecule has 0 atom stereocenters. The molecule has 4 rings (SSSR count). The van der Waals surface area contributed by atoms with Crippen LogP contribution in [0.2, 0.25) is 0 Å². The fraction of sp³-hybridized carbons (Fsp3) is 0.333. The van der Waals surface area contributed by atoms with Gasteiger partial charge in [0, 0.05) is 37.8 Å². The van der Waals surface area contributed by atoms with Gasteiger partial charge in [-0.3, -0.25) is 9.69 Å². The number of aromatic nitrogens is 1. The predicted molar refractivity (Wildman–Crippen MR) is 112 cm³/mol. The molecule has 1 aliphatic rings. The van der Waals surface area contributed by atoms with Crippen LogP contribution in [0.1, 0.15) is 46.8 Å². The summed E-state index contributed by atoms with van der Waals surface area (Å²) in [5.74, 6) is -0.927. The van der Waals surface area contributed by atoms with Crippen molar-refractivity contribution < 1.29 is 18.0 Å². The Morgan fingerprint density at radius 3 is 2.52 bits per heavy atom. The van der Waals surface area contributed by atoms with Gasteiger partial charge in [-0.15, -0.1) is 0 Å². The van der Waals surface area contributed by atoms with E-state index < -0.39 is 11.6 Å². The summed E-state index contributed by atoms with van der Waals surface area (Å²) in [6.45, 7) is 2.54. The number of rotatable bonds is 7. The second kappa shape index (κ2) is 9.83. The smallest absolute Gasteiger partial charge is 0.275 e. The molecule has 2 heterocycles. The van der Waals surface area contributed by atoms with E-state index in [1.165, 1.54) is 18.4 Å². The van der Waals surface area contributed by atoms with E-state index in [0.29, 0.717) is 30.2 Å². The number of likely N-dealkylation sites (tertiary alicyclic amines) is 1. The molecule has 1 amide bonds. The molecule has 0 aliphatic carbocycles. The Bertz CT molecular complexity index is 1020. The molecule has 7 heteroatoms. The summed E-state index contributed by atoms with van der Waals surface area (Å²) in [6.07, 6.45) is 4.54. The van der Waals surface area contributed by atoms with Gasteiger partial charge in [0.2, 0.25) is 5.89 Å². The number of oxazole rings is 1. The van der Waals surface area contributed by atoms with Gasteiger partial charge in [-0.05, 0) is 30.9 Å². The molecule has 0 saturated carbocycles. The summed E-state index contributed by atoms with van der Waals surface area (Å²) in [5, 5.41) is 0. The van der Waals surface area contributed by atoms with Crippen molar-refractivity contribution in [2.45, 2.75) is 38.9 Å². The van der Waals surface area contributed by atoms with Gasteiger partial charge >= 0.3 is 0 Å². The van der Waals surface area contributed by atoms with Gasteiger partial charge in [-0.1, -0.05) is 36.4 Å². The van der Waals surface area contributed by atoms with E-state index in [-0.39, 0.29) is 12.5 Å². The summed E-state index contributed by atoms with van der Waals surface area (Å²) in [7, 11) is 0. The van der Waals surface area contributed by atoms with Crippen molar-refractivity contribution in [2.75, 3.05) is 13.1 Å². The van der Waals surface area contributed by atoms with Crippen LogP contribution in [0.4, 0.5) is 8.78 Å². The lowest BCUT2D eigenvalue weighted by Gasteiger charge is -2.25. The van der Waals surface area contributed by atoms with Crippen LogP contribution in [-0.2, 0) is 19.6 Å². The number of piperidine rings is 1. The van der Waals surface area contributed by atoms with Gasteiger partial charge in [0.15, 0.2) is 5.69 Å². The third kappa shape index (κ3) is 5.55. The van der Waals surface area contributed by atoms with E-state index in [0.717, 1.165) is 44.0 Å². The number of nitrogens with zero attached hydrogens (tertiary/aromatic N) is 3. The van der Waals surface area contributed by atoms with Crippen molar-refractivity contribution in [2.24, 2.45) is 0 Å². The first-order chi connectivity index (χ1) is 15.1. The number of carbonyl (C=O) groups is 1. The Hall–Kier alpha value is -3.06. The Morgan fingerprint density at radius 2 is 1.77 bits per heavy atom. The molecular formula is C24H25F2N3O2. The molecule has 1 saturated heterocycles. The maximum Gasteiger partial charge on any atom is 0.275 e. The Balaban J connectivity index is 1.50. The van der Waals surface area contributed by atoms with Crippen LogP contribution in [0.25, 0.3) is 0 Å². The number of benzene rings is 2. The minimum Gasteiger partial charge on any atom is -0.447 e. The monoisotopic (exact) mass is 425 g/mol. The van der Waals surface area contributed by atoms with Crippen LogP contribution in [0, 0.1) is 11.6 Å². The molecule has 1 aliphatic heterocycles. The average molecular weight is 425 g/mol. The molecule has 2 aromatic carbocycles. The lowest BCUT2D eigenvalue weighted by Crippen LogP contribution is -2.35. The molecule has 0 N–H and O–H groups in total. The molecule has 3 aromatic rings. The third-order valence-electron chi connectivity index (χ3n) is 5.43. The van der Waals surface area contributed by atoms with Crippen LogP contribution in [0.15, 0.2) is 59.2 Å². The van der Waals surface area contributed by atoms with Gasteiger partial charge in [0.05, 0.1) is 6.54 Å². The summed E-state index contributed by atoms with van der Waals surface area (Å²) < 4.78 is 33.1. The summed E-state index contributed by atoms with van der Waals surface area (Å²) in [5.41, 5.74) is 1.72. The highest BCUT2D eigenvalue weighted by atomic mass is 19.1. The van der Waals surface area contributed by atoms with Crippen LogP contribution in [-0.4, -0.2) is 33.8 Å². The van der Waals surface area contributed by atoms with E-state index in [4.69, 9.17) is 4.42 Å². The number of carbonyl (C=O) groups excluding carboxylic acids is 1. The third-order valence-corrected chi connectivity index (χ3v) is 5.43. The molecule has 5 nitrogen and oxygen atoms in total. The van der Waals surface area contributed by atoms with Crippen molar-refractivity contribution in [1.82, 2.24) is 14.8 Å². The topological polar surface area (TPSA) is 49.6 Å². The highest BCUT2D eigenvalue weighted by Crippen LogP contribution is 2.18. The van der Waals surface area contributed by atoms with Crippen LogP contribution < -0.4 is 0 Å². The van der Waals surface area contributed by atoms with E-state index in [1.807, 2.05) is 35.2 Å². The predicted octanol–water partition coefficient (Wildman–Crippen LogP) is 4.78. The minimum atomic E-state index is -0.607. The second-order valence-electron chi connectivity index (χ2n) is 7.85. The standard InChI is InChI=1S/C24H25F2N3O2/c25-20-10-9-19(21(26)13-20)15-28(14-18-7-3-1-4-8-18)16-23-27-22(17-31-23)24(30)29-11-5-2-6-12-29/h1,3-4,7-10,13,17H,2,5-6,11-12,14-16H2. The summed E-state index contributed by atoms with van der Waals surface area (Å²) in [6, 6.07) is 13.3. The molecule has 1 fully saturated rings. The molecular weight excluding hydrogens is 400 g/mol. The number of halogens is 2. The maximum absolute atomic E-state index is 14.2. The first kappa shape index (κ1) is 21.2. The van der Waals surface area contributed by atoms with E-state index >= 15 is 0 Å². The van der Waals surface area contributed by atoms with Gasteiger partial charge < -0.3 is 9.32 Å². The summed E-state index contributed by atoms with van der Waals surface area (Å²) >= 11 is 0. The second-order valence-corrected chi connectivity index (χ2v) is 7.85. The van der Waals surface area contributed by atoms with Crippen molar-refractivity contribution in [3.8, 4) is 0 Å². The Kier molecular flexibility index (Phi) is 6.72. The van der Waals surface area contributed by atoms with Crippen LogP contribution >= 0.6 is 0 Å². The number of hydrogen-bond acceptors (Lipinski definition) is 4. The normalized spacial score (nSPS) is 14.2. The minimum absolute atomic E-state index is 0.117. The van der Waals surface area contributed by atoms with Crippen molar-refractivity contribution >= 4 is 5.91 Å².